The van der Waals surface area contributed by atoms with Crippen molar-refractivity contribution in [3.63, 3.8) is 0 Å². The van der Waals surface area contributed by atoms with E-state index < -0.39 is 23.7 Å². The summed E-state index contributed by atoms with van der Waals surface area (Å²) in [6.07, 6.45) is 1.92. The largest absolute Gasteiger partial charge is 0.507 e. The van der Waals surface area contributed by atoms with Gasteiger partial charge < -0.3 is 14.6 Å². The average Bonchev–Trinajstić information content (AvgIpc) is 3.40. The van der Waals surface area contributed by atoms with Crippen LogP contribution in [0.1, 0.15) is 52.3 Å². The molecule has 1 N–H and O–H groups in total. The van der Waals surface area contributed by atoms with Crippen LogP contribution in [0.15, 0.2) is 54.1 Å². The van der Waals surface area contributed by atoms with Crippen LogP contribution in [0.4, 0.5) is 5.13 Å². The fourth-order valence-corrected chi connectivity index (χ4v) is 5.09. The topological polar surface area (TPSA) is 106 Å². The highest BCUT2D eigenvalue weighted by Crippen LogP contribution is 2.44. The molecule has 3 aromatic rings. The number of rotatable bonds is 8. The predicted octanol–water partition coefficient (Wildman–Crippen LogP) is 5.70. The van der Waals surface area contributed by atoms with Crippen LogP contribution >= 0.6 is 22.9 Å². The Bertz CT molecular complexity index is 1360. The summed E-state index contributed by atoms with van der Waals surface area (Å²) in [5.41, 5.74) is 1.16. The number of hydrogen-bond acceptors (Lipinski definition) is 8. The molecule has 1 aromatic heterocycles. The van der Waals surface area contributed by atoms with Crippen molar-refractivity contribution in [3.8, 4) is 5.75 Å². The van der Waals surface area contributed by atoms with Crippen molar-refractivity contribution >= 4 is 51.5 Å². The molecule has 1 atom stereocenters. The molecule has 1 fully saturated rings. The highest BCUT2D eigenvalue weighted by atomic mass is 35.5. The summed E-state index contributed by atoms with van der Waals surface area (Å²) in [6.45, 7) is 4.26. The van der Waals surface area contributed by atoms with Crippen molar-refractivity contribution in [1.29, 1.82) is 0 Å². The molecule has 1 aliphatic rings. The molecule has 10 heteroatoms. The summed E-state index contributed by atoms with van der Waals surface area (Å²) in [7, 11) is 1.25. The smallest absolute Gasteiger partial charge is 0.350 e. The van der Waals surface area contributed by atoms with Crippen LogP contribution < -0.4 is 9.64 Å². The van der Waals surface area contributed by atoms with Gasteiger partial charge in [0.2, 0.25) is 0 Å². The molecule has 0 bridgehead atoms. The zero-order chi connectivity index (χ0) is 26.7. The second-order valence-corrected chi connectivity index (χ2v) is 9.76. The zero-order valence-corrected chi connectivity index (χ0v) is 22.1. The molecule has 0 aliphatic carbocycles. The van der Waals surface area contributed by atoms with E-state index in [1.165, 1.54) is 12.0 Å². The lowest BCUT2D eigenvalue weighted by molar-refractivity contribution is -0.132. The van der Waals surface area contributed by atoms with Gasteiger partial charge in [-0.2, -0.15) is 0 Å². The number of esters is 1. The van der Waals surface area contributed by atoms with Gasteiger partial charge >= 0.3 is 11.9 Å². The number of amides is 1. The highest BCUT2D eigenvalue weighted by molar-refractivity contribution is 7.17. The number of methoxy groups -OCH3 is 1. The molecular formula is C27H25ClN2O6S. The maximum atomic E-state index is 13.3. The number of anilines is 1. The molecule has 4 rings (SSSR count). The summed E-state index contributed by atoms with van der Waals surface area (Å²) in [4.78, 5) is 44.6. The Morgan fingerprint density at radius 2 is 1.81 bits per heavy atom. The number of Topliss-reactive ketones (excluding diaryl/α,β-unsaturated/α-hetero) is 1. The van der Waals surface area contributed by atoms with Crippen molar-refractivity contribution in [2.45, 2.75) is 32.7 Å². The van der Waals surface area contributed by atoms with Gasteiger partial charge in [-0.3, -0.25) is 14.5 Å². The van der Waals surface area contributed by atoms with E-state index in [-0.39, 0.29) is 21.3 Å². The van der Waals surface area contributed by atoms with Gasteiger partial charge in [0.05, 0.1) is 31.0 Å². The summed E-state index contributed by atoms with van der Waals surface area (Å²) in [5, 5.41) is 11.9. The third kappa shape index (κ3) is 5.23. The number of aromatic nitrogens is 1. The van der Waals surface area contributed by atoms with Crippen LogP contribution in [-0.2, 0) is 14.3 Å². The molecule has 0 spiro atoms. The van der Waals surface area contributed by atoms with Crippen molar-refractivity contribution in [2.75, 3.05) is 18.6 Å². The molecule has 0 radical (unpaired) electrons. The lowest BCUT2D eigenvalue weighted by Crippen LogP contribution is -2.29. The zero-order valence-electron chi connectivity index (χ0n) is 20.5. The van der Waals surface area contributed by atoms with Crippen molar-refractivity contribution in [2.24, 2.45) is 0 Å². The molecule has 8 nitrogen and oxygen atoms in total. The third-order valence-electron chi connectivity index (χ3n) is 5.89. The summed E-state index contributed by atoms with van der Waals surface area (Å²) >= 11 is 7.01. The van der Waals surface area contributed by atoms with E-state index in [2.05, 4.69) is 11.9 Å². The quantitative estimate of drug-likeness (QED) is 0.128. The van der Waals surface area contributed by atoms with Crippen molar-refractivity contribution in [3.05, 3.63) is 80.8 Å². The van der Waals surface area contributed by atoms with E-state index in [1.807, 2.05) is 0 Å². The number of thiazole rings is 1. The number of aliphatic hydroxyl groups excluding tert-OH is 1. The second-order valence-electron chi connectivity index (χ2n) is 8.35. The fourth-order valence-electron chi connectivity index (χ4n) is 3.96. The number of nitrogens with zero attached hydrogens (tertiary/aromatic N) is 2. The molecule has 2 aromatic carbocycles. The van der Waals surface area contributed by atoms with Gasteiger partial charge in [-0.25, -0.2) is 9.78 Å². The number of halogens is 1. The summed E-state index contributed by atoms with van der Waals surface area (Å²) < 4.78 is 10.5. The molecule has 1 amide bonds. The average molecular weight is 541 g/mol. The normalized spacial score (nSPS) is 16.8. The Kier molecular flexibility index (Phi) is 7.94. The molecule has 37 heavy (non-hydrogen) atoms. The molecule has 2 heterocycles. The van der Waals surface area contributed by atoms with Crippen LogP contribution in [-0.4, -0.2) is 41.5 Å². The van der Waals surface area contributed by atoms with Crippen LogP contribution in [0.5, 0.6) is 5.75 Å². The number of hydrogen-bond donors (Lipinski definition) is 1. The minimum absolute atomic E-state index is 0.0977. The van der Waals surface area contributed by atoms with Crippen molar-refractivity contribution in [1.82, 2.24) is 4.98 Å². The van der Waals surface area contributed by atoms with Gasteiger partial charge in [0.25, 0.3) is 5.78 Å². The number of aliphatic hydroxyl groups is 1. The predicted molar refractivity (Wildman–Crippen MR) is 141 cm³/mol. The number of unbranched alkanes of at least 4 members (excludes halogenated alkanes) is 1. The van der Waals surface area contributed by atoms with Gasteiger partial charge in [0, 0.05) is 10.6 Å². The molecule has 1 saturated heterocycles. The molecule has 0 unspecified atom stereocenters. The van der Waals surface area contributed by atoms with Crippen LogP contribution in [0.2, 0.25) is 5.02 Å². The van der Waals surface area contributed by atoms with E-state index in [1.54, 1.807) is 55.5 Å². The Balaban J connectivity index is 1.81. The van der Waals surface area contributed by atoms with E-state index in [4.69, 9.17) is 21.1 Å². The fraction of sp³-hybridized carbons (Fsp3) is 0.259. The minimum atomic E-state index is -0.992. The van der Waals surface area contributed by atoms with Crippen LogP contribution in [0, 0.1) is 6.92 Å². The Hall–Kier alpha value is -3.69. The minimum Gasteiger partial charge on any atom is -0.507 e. The van der Waals surface area contributed by atoms with E-state index >= 15 is 0 Å². The van der Waals surface area contributed by atoms with Crippen LogP contribution in [0.3, 0.4) is 0 Å². The SMILES string of the molecule is CCCCOc1ccc(C(O)=C2C(=O)C(=O)N(c3nc(C)c(C(=O)OC)s3)[C@H]2c2ccc(Cl)cc2)cc1. The number of carbonyl (C=O) groups is 3. The highest BCUT2D eigenvalue weighted by Gasteiger charge is 2.48. The monoisotopic (exact) mass is 540 g/mol. The second kappa shape index (κ2) is 11.1. The first kappa shape index (κ1) is 26.4. The molecule has 1 aliphatic heterocycles. The first-order chi connectivity index (χ1) is 17.8. The number of carbonyl (C=O) groups excluding carboxylic acids is 3. The van der Waals surface area contributed by atoms with Gasteiger partial charge in [0.15, 0.2) is 5.13 Å². The Morgan fingerprint density at radius 1 is 1.14 bits per heavy atom. The molecule has 0 saturated carbocycles. The maximum Gasteiger partial charge on any atom is 0.350 e. The Labute approximate surface area is 223 Å². The lowest BCUT2D eigenvalue weighted by atomic mass is 9.95. The molecule has 192 valence electrons. The van der Waals surface area contributed by atoms with Gasteiger partial charge in [-0.05, 0) is 55.3 Å². The first-order valence-electron chi connectivity index (χ1n) is 11.6. The van der Waals surface area contributed by atoms with E-state index in [9.17, 15) is 19.5 Å². The number of benzene rings is 2. The summed E-state index contributed by atoms with van der Waals surface area (Å²) in [5.74, 6) is -2.03. The number of aryl methyl sites for hydroxylation is 1. The Morgan fingerprint density at radius 3 is 2.43 bits per heavy atom. The standard InChI is InChI=1S/C27H25ClN2O6S/c1-4-5-14-36-19-12-8-17(9-13-19)22(31)20-21(16-6-10-18(28)11-7-16)30(25(33)23(20)32)27-29-15(2)24(37-27)26(34)35-3/h6-13,21,31H,4-5,14H2,1-3H3/t21-/m0/s1. The van der Waals surface area contributed by atoms with E-state index in [0.29, 0.717) is 34.2 Å². The lowest BCUT2D eigenvalue weighted by Gasteiger charge is -2.23. The maximum absolute atomic E-state index is 13.3. The number of ketones is 1. The summed E-state index contributed by atoms with van der Waals surface area (Å²) in [6, 6.07) is 12.3. The van der Waals surface area contributed by atoms with Gasteiger partial charge in [0.1, 0.15) is 16.4 Å². The molecular weight excluding hydrogens is 516 g/mol. The van der Waals surface area contributed by atoms with E-state index in [0.717, 1.165) is 24.2 Å². The van der Waals surface area contributed by atoms with Gasteiger partial charge in [-0.15, -0.1) is 0 Å². The number of ether oxygens (including phenoxy) is 2. The first-order valence-corrected chi connectivity index (χ1v) is 12.8. The third-order valence-corrected chi connectivity index (χ3v) is 7.28. The van der Waals surface area contributed by atoms with Gasteiger partial charge in [-0.1, -0.05) is 48.4 Å². The van der Waals surface area contributed by atoms with Crippen LogP contribution in [0.25, 0.3) is 5.76 Å². The van der Waals surface area contributed by atoms with Crippen molar-refractivity contribution < 1.29 is 29.0 Å².